The van der Waals surface area contributed by atoms with Crippen LogP contribution in [0.15, 0.2) is 0 Å². The van der Waals surface area contributed by atoms with Crippen LogP contribution in [0.3, 0.4) is 0 Å². The Morgan fingerprint density at radius 2 is 2.00 bits per heavy atom. The van der Waals surface area contributed by atoms with Crippen molar-refractivity contribution in [3.05, 3.63) is 0 Å². The molecule has 0 aliphatic carbocycles. The van der Waals surface area contributed by atoms with Crippen LogP contribution < -0.4 is 5.73 Å². The smallest absolute Gasteiger partial charge is 0.0530 e. The van der Waals surface area contributed by atoms with Crippen molar-refractivity contribution in [2.24, 2.45) is 0 Å². The molecule has 0 spiro atoms. The van der Waals surface area contributed by atoms with Gasteiger partial charge in [0.1, 0.15) is 0 Å². The summed E-state index contributed by atoms with van der Waals surface area (Å²) in [5, 5.41) is 8.77. The number of nitrogens with one attached hydrogen (secondary N) is 1. The van der Waals surface area contributed by atoms with E-state index in [1.54, 1.807) is 20.8 Å². The van der Waals surface area contributed by atoms with Gasteiger partial charge in [0.25, 0.3) is 0 Å². The van der Waals surface area contributed by atoms with E-state index < -0.39 is 5.54 Å². The fraction of sp³-hybridized carbons (Fsp3) is 1.00. The molecule has 0 aromatic heterocycles. The first kappa shape index (κ1) is 7.92. The number of hydrogen-bond donors (Lipinski definition) is 1. The fourth-order valence-corrected chi connectivity index (χ4v) is 0.739. The zero-order chi connectivity index (χ0) is 6.78. The van der Waals surface area contributed by atoms with Crippen LogP contribution in [-0.2, 0) is 0 Å². The number of rotatable bonds is 2. The second-order valence-electron chi connectivity index (χ2n) is 2.94. The Hall–Kier alpha value is -0.0800. The summed E-state index contributed by atoms with van der Waals surface area (Å²) in [4.78, 5) is 0. The van der Waals surface area contributed by atoms with E-state index in [1.165, 1.54) is 0 Å². The van der Waals surface area contributed by atoms with Crippen LogP contribution in [-0.4, -0.2) is 16.7 Å². The zero-order valence-corrected chi connectivity index (χ0v) is 5.73. The van der Waals surface area contributed by atoms with Crippen molar-refractivity contribution >= 4 is 0 Å². The molecule has 2 nitrogen and oxygen atoms in total. The molecule has 0 saturated carbocycles. The second kappa shape index (κ2) is 2.46. The van der Waals surface area contributed by atoms with E-state index in [0.717, 1.165) is 0 Å². The van der Waals surface area contributed by atoms with Gasteiger partial charge in [-0.25, -0.2) is 0 Å². The highest BCUT2D eigenvalue weighted by molar-refractivity contribution is 4.72. The van der Waals surface area contributed by atoms with E-state index in [1.807, 2.05) is 0 Å². The summed E-state index contributed by atoms with van der Waals surface area (Å²) >= 11 is 0. The predicted octanol–water partition coefficient (Wildman–Crippen LogP) is 0.819. The third-order valence-corrected chi connectivity index (χ3v) is 0.806. The lowest BCUT2D eigenvalue weighted by atomic mass is 9.99. The molecule has 2 heteroatoms. The van der Waals surface area contributed by atoms with Gasteiger partial charge in [0.05, 0.1) is 6.10 Å². The lowest BCUT2D eigenvalue weighted by Crippen LogP contribution is -2.26. The quantitative estimate of drug-likeness (QED) is 0.570. The van der Waals surface area contributed by atoms with Crippen LogP contribution in [0.25, 0.3) is 0 Å². The van der Waals surface area contributed by atoms with Crippen molar-refractivity contribution in [3.63, 3.8) is 0 Å². The van der Waals surface area contributed by atoms with Crippen LogP contribution in [0.4, 0.5) is 0 Å². The van der Waals surface area contributed by atoms with Gasteiger partial charge < -0.3 is 5.11 Å². The first-order valence-corrected chi connectivity index (χ1v) is 2.85. The van der Waals surface area contributed by atoms with Crippen LogP contribution in [0.2, 0.25) is 0 Å². The third-order valence-electron chi connectivity index (χ3n) is 0.806. The summed E-state index contributed by atoms with van der Waals surface area (Å²) in [6.07, 6.45) is 0.204. The third kappa shape index (κ3) is 5.92. The molecule has 0 aromatic rings. The highest BCUT2D eigenvalue weighted by atomic mass is 16.3. The second-order valence-corrected chi connectivity index (χ2v) is 2.94. The van der Waals surface area contributed by atoms with Gasteiger partial charge in [0.15, 0.2) is 0 Å². The Morgan fingerprint density at radius 3 is 2.00 bits per heavy atom. The molecule has 1 atom stereocenters. The van der Waals surface area contributed by atoms with Crippen molar-refractivity contribution in [1.82, 2.24) is 5.73 Å². The molecule has 1 radical (unpaired) electrons. The lowest BCUT2D eigenvalue weighted by Gasteiger charge is -2.18. The largest absolute Gasteiger partial charge is 0.393 e. The fourth-order valence-electron chi connectivity index (χ4n) is 0.739. The molecule has 0 fully saturated rings. The van der Waals surface area contributed by atoms with Crippen LogP contribution in [0.1, 0.15) is 27.2 Å². The maximum Gasteiger partial charge on any atom is 0.0530 e. The molecule has 2 N–H and O–H groups in total. The minimum atomic E-state index is -0.478. The first-order valence-electron chi connectivity index (χ1n) is 2.85. The summed E-state index contributed by atoms with van der Waals surface area (Å²) in [5.41, 5.74) is 6.82. The van der Waals surface area contributed by atoms with Gasteiger partial charge in [0, 0.05) is 5.54 Å². The summed E-state index contributed by atoms with van der Waals surface area (Å²) in [6, 6.07) is 0. The van der Waals surface area contributed by atoms with Crippen molar-refractivity contribution in [2.75, 3.05) is 0 Å². The predicted molar refractivity (Wildman–Crippen MR) is 33.5 cm³/mol. The Balaban J connectivity index is 3.39. The van der Waals surface area contributed by atoms with Gasteiger partial charge in [-0.3, -0.25) is 5.73 Å². The summed E-state index contributed by atoms with van der Waals surface area (Å²) in [7, 11) is 0. The molecular formula is C6H14NO. The Morgan fingerprint density at radius 1 is 1.62 bits per heavy atom. The molecule has 8 heavy (non-hydrogen) atoms. The molecule has 0 aliphatic rings. The standard InChI is InChI=1S/C6H14NO/c1-5(8)4-6(2,3)7/h5,7-8H,4H2,1-3H3. The van der Waals surface area contributed by atoms with Gasteiger partial charge in [-0.05, 0) is 27.2 Å². The van der Waals surface area contributed by atoms with Gasteiger partial charge in [-0.1, -0.05) is 0 Å². The number of aliphatic hydroxyl groups is 1. The van der Waals surface area contributed by atoms with Gasteiger partial charge >= 0.3 is 0 Å². The van der Waals surface area contributed by atoms with Gasteiger partial charge in [0.2, 0.25) is 0 Å². The van der Waals surface area contributed by atoms with Crippen molar-refractivity contribution in [3.8, 4) is 0 Å². The first-order chi connectivity index (χ1) is 3.42. The van der Waals surface area contributed by atoms with Crippen molar-refractivity contribution in [1.29, 1.82) is 0 Å². The normalized spacial score (nSPS) is 16.1. The highest BCUT2D eigenvalue weighted by Gasteiger charge is 2.13. The van der Waals surface area contributed by atoms with Crippen molar-refractivity contribution in [2.45, 2.75) is 38.8 Å². The molecule has 49 valence electrons. The molecule has 0 aliphatic heterocycles. The van der Waals surface area contributed by atoms with Crippen LogP contribution >= 0.6 is 0 Å². The SMILES string of the molecule is CC(O)CC(C)(C)[NH]. The molecule has 0 heterocycles. The molecule has 0 rings (SSSR count). The molecule has 0 bridgehead atoms. The lowest BCUT2D eigenvalue weighted by molar-refractivity contribution is 0.156. The Bertz CT molecular complexity index is 63.4. The topological polar surface area (TPSA) is 44.0 Å². The summed E-state index contributed by atoms with van der Waals surface area (Å²) in [6.45, 7) is 5.29. The van der Waals surface area contributed by atoms with E-state index in [0.29, 0.717) is 6.42 Å². The minimum Gasteiger partial charge on any atom is -0.393 e. The van der Waals surface area contributed by atoms with Gasteiger partial charge in [-0.15, -0.1) is 0 Å². The van der Waals surface area contributed by atoms with Crippen LogP contribution in [0.5, 0.6) is 0 Å². The van der Waals surface area contributed by atoms with E-state index >= 15 is 0 Å². The number of aliphatic hydroxyl groups excluding tert-OH is 1. The van der Waals surface area contributed by atoms with Crippen molar-refractivity contribution < 1.29 is 5.11 Å². The molecule has 0 amide bonds. The maximum atomic E-state index is 8.77. The average molecular weight is 116 g/mol. The zero-order valence-electron chi connectivity index (χ0n) is 5.73. The van der Waals surface area contributed by atoms with E-state index in [9.17, 15) is 0 Å². The monoisotopic (exact) mass is 116 g/mol. The van der Waals surface area contributed by atoms with Crippen LogP contribution in [0, 0.1) is 0 Å². The maximum absolute atomic E-state index is 8.77. The van der Waals surface area contributed by atoms with E-state index in [2.05, 4.69) is 0 Å². The highest BCUT2D eigenvalue weighted by Crippen LogP contribution is 2.08. The number of hydrogen-bond acceptors (Lipinski definition) is 1. The summed E-state index contributed by atoms with van der Waals surface area (Å²) < 4.78 is 0. The van der Waals surface area contributed by atoms with E-state index in [4.69, 9.17) is 10.8 Å². The molecule has 0 aromatic carbocycles. The Labute approximate surface area is 50.7 Å². The molecule has 0 saturated heterocycles. The summed E-state index contributed by atoms with van der Waals surface area (Å²) in [5.74, 6) is 0. The molecular weight excluding hydrogens is 102 g/mol. The Kier molecular flexibility index (Phi) is 2.44. The average Bonchev–Trinajstić information content (AvgIpc) is 1.21. The minimum absolute atomic E-state index is 0.345. The van der Waals surface area contributed by atoms with Gasteiger partial charge in [-0.2, -0.15) is 0 Å². The van der Waals surface area contributed by atoms with E-state index in [-0.39, 0.29) is 6.10 Å². The molecule has 1 unspecified atom stereocenters.